The molecule has 1 heterocycles. The number of nitrogens with one attached hydrogen (secondary N) is 3. The van der Waals surface area contributed by atoms with Crippen LogP contribution in [-0.4, -0.2) is 36.6 Å². The number of ether oxygens (including phenoxy) is 2. The lowest BCUT2D eigenvalue weighted by Crippen LogP contribution is -2.12. The van der Waals surface area contributed by atoms with Gasteiger partial charge in [0.2, 0.25) is 5.95 Å². The molecule has 1 aromatic heterocycles. The highest BCUT2D eigenvalue weighted by Crippen LogP contribution is 2.28. The van der Waals surface area contributed by atoms with Crippen molar-refractivity contribution in [2.45, 2.75) is 13.8 Å². The highest BCUT2D eigenvalue weighted by Gasteiger charge is 2.11. The molecule has 0 saturated carbocycles. The van der Waals surface area contributed by atoms with Gasteiger partial charge in [0.1, 0.15) is 5.82 Å². The van der Waals surface area contributed by atoms with Crippen LogP contribution in [0.3, 0.4) is 0 Å². The number of rotatable bonds is 8. The topological polar surface area (TPSA) is 97.4 Å². The van der Waals surface area contributed by atoms with Crippen LogP contribution < -0.4 is 25.4 Å². The van der Waals surface area contributed by atoms with Crippen molar-refractivity contribution in [2.75, 3.05) is 36.7 Å². The average Bonchev–Trinajstić information content (AvgIpc) is 2.74. The maximum absolute atomic E-state index is 12.5. The van der Waals surface area contributed by atoms with E-state index < -0.39 is 0 Å². The second-order valence-corrected chi connectivity index (χ2v) is 6.47. The summed E-state index contributed by atoms with van der Waals surface area (Å²) in [5, 5.41) is 9.23. The Bertz CT molecular complexity index is 1020. The van der Waals surface area contributed by atoms with Crippen LogP contribution in [0, 0.1) is 6.92 Å². The van der Waals surface area contributed by atoms with Crippen molar-refractivity contribution >= 4 is 29.0 Å². The fourth-order valence-corrected chi connectivity index (χ4v) is 2.84. The minimum Gasteiger partial charge on any atom is -0.493 e. The van der Waals surface area contributed by atoms with Crippen LogP contribution in [0.5, 0.6) is 11.5 Å². The molecule has 156 valence electrons. The summed E-state index contributed by atoms with van der Waals surface area (Å²) in [4.78, 5) is 21.4. The van der Waals surface area contributed by atoms with Gasteiger partial charge in [0.15, 0.2) is 11.5 Å². The fourth-order valence-electron chi connectivity index (χ4n) is 2.84. The molecule has 30 heavy (non-hydrogen) atoms. The highest BCUT2D eigenvalue weighted by molar-refractivity contribution is 6.04. The molecule has 0 radical (unpaired) electrons. The van der Waals surface area contributed by atoms with Crippen molar-refractivity contribution in [3.05, 3.63) is 59.8 Å². The number of benzene rings is 2. The zero-order chi connectivity index (χ0) is 21.5. The monoisotopic (exact) mass is 407 g/mol. The van der Waals surface area contributed by atoms with Gasteiger partial charge in [-0.25, -0.2) is 4.98 Å². The molecule has 0 bridgehead atoms. The van der Waals surface area contributed by atoms with Crippen LogP contribution in [0.15, 0.2) is 48.5 Å². The summed E-state index contributed by atoms with van der Waals surface area (Å²) in [7, 11) is 3.08. The molecule has 0 aliphatic carbocycles. The van der Waals surface area contributed by atoms with Gasteiger partial charge in [0, 0.05) is 35.2 Å². The van der Waals surface area contributed by atoms with Gasteiger partial charge in [-0.1, -0.05) is 0 Å². The first-order chi connectivity index (χ1) is 14.5. The first kappa shape index (κ1) is 20.9. The van der Waals surface area contributed by atoms with Gasteiger partial charge in [-0.3, -0.25) is 4.79 Å². The van der Waals surface area contributed by atoms with E-state index in [0.717, 1.165) is 23.7 Å². The minimum absolute atomic E-state index is 0.242. The van der Waals surface area contributed by atoms with E-state index in [9.17, 15) is 4.79 Å². The zero-order valence-electron chi connectivity index (χ0n) is 17.4. The van der Waals surface area contributed by atoms with Crippen molar-refractivity contribution in [1.29, 1.82) is 0 Å². The number of aromatic nitrogens is 2. The maximum Gasteiger partial charge on any atom is 0.255 e. The lowest BCUT2D eigenvalue weighted by Gasteiger charge is -2.11. The predicted octanol–water partition coefficient (Wildman–Crippen LogP) is 4.23. The molecule has 0 fully saturated rings. The number of hydrogen-bond donors (Lipinski definition) is 3. The van der Waals surface area contributed by atoms with E-state index in [0.29, 0.717) is 28.7 Å². The van der Waals surface area contributed by atoms with Gasteiger partial charge in [0.05, 0.1) is 14.2 Å². The molecular weight excluding hydrogens is 382 g/mol. The molecule has 0 saturated heterocycles. The van der Waals surface area contributed by atoms with Gasteiger partial charge in [-0.2, -0.15) is 4.98 Å². The molecule has 8 heteroatoms. The molecule has 0 aliphatic rings. The Hall–Kier alpha value is -3.81. The third-order valence-corrected chi connectivity index (χ3v) is 4.26. The zero-order valence-corrected chi connectivity index (χ0v) is 17.4. The summed E-state index contributed by atoms with van der Waals surface area (Å²) in [5.74, 6) is 2.10. The van der Waals surface area contributed by atoms with E-state index in [1.165, 1.54) is 7.11 Å². The van der Waals surface area contributed by atoms with Crippen molar-refractivity contribution in [3.8, 4) is 11.5 Å². The molecule has 0 aliphatic heterocycles. The Balaban J connectivity index is 1.68. The molecule has 3 aromatic rings. The number of carbonyl (C=O) groups is 1. The molecule has 0 atom stereocenters. The largest absolute Gasteiger partial charge is 0.493 e. The van der Waals surface area contributed by atoms with Gasteiger partial charge in [0.25, 0.3) is 5.91 Å². The fraction of sp³-hybridized carbons (Fsp3) is 0.227. The molecule has 3 rings (SSSR count). The lowest BCUT2D eigenvalue weighted by molar-refractivity contribution is 0.102. The van der Waals surface area contributed by atoms with E-state index in [4.69, 9.17) is 9.47 Å². The molecule has 0 unspecified atom stereocenters. The summed E-state index contributed by atoms with van der Waals surface area (Å²) in [6.07, 6.45) is 0. The van der Waals surface area contributed by atoms with Crippen LogP contribution in [0.25, 0.3) is 0 Å². The van der Waals surface area contributed by atoms with Crippen molar-refractivity contribution < 1.29 is 14.3 Å². The van der Waals surface area contributed by atoms with Gasteiger partial charge < -0.3 is 25.4 Å². The lowest BCUT2D eigenvalue weighted by atomic mass is 10.1. The molecular formula is C22H25N5O3. The van der Waals surface area contributed by atoms with E-state index in [-0.39, 0.29) is 5.91 Å². The molecule has 8 nitrogen and oxygen atoms in total. The first-order valence-corrected chi connectivity index (χ1v) is 9.52. The number of nitrogens with zero attached hydrogens (tertiary/aromatic N) is 2. The van der Waals surface area contributed by atoms with Crippen LogP contribution in [-0.2, 0) is 0 Å². The van der Waals surface area contributed by atoms with E-state index in [1.54, 1.807) is 25.3 Å². The van der Waals surface area contributed by atoms with E-state index in [1.807, 2.05) is 44.2 Å². The van der Waals surface area contributed by atoms with Crippen molar-refractivity contribution in [1.82, 2.24) is 9.97 Å². The Morgan fingerprint density at radius 3 is 2.30 bits per heavy atom. The van der Waals surface area contributed by atoms with Crippen LogP contribution in [0.2, 0.25) is 0 Å². The quantitative estimate of drug-likeness (QED) is 0.514. The van der Waals surface area contributed by atoms with Crippen molar-refractivity contribution in [2.24, 2.45) is 0 Å². The van der Waals surface area contributed by atoms with Gasteiger partial charge in [-0.05, 0) is 56.3 Å². The first-order valence-electron chi connectivity index (χ1n) is 9.52. The summed E-state index contributed by atoms with van der Waals surface area (Å²) >= 11 is 0. The second-order valence-electron chi connectivity index (χ2n) is 6.47. The smallest absolute Gasteiger partial charge is 0.255 e. The molecule has 2 aromatic carbocycles. The third kappa shape index (κ3) is 5.16. The summed E-state index contributed by atoms with van der Waals surface area (Å²) < 4.78 is 10.5. The molecule has 1 amide bonds. The minimum atomic E-state index is -0.242. The average molecular weight is 407 g/mol. The Kier molecular flexibility index (Phi) is 6.69. The number of anilines is 4. The molecule has 3 N–H and O–H groups in total. The normalized spacial score (nSPS) is 10.3. The summed E-state index contributed by atoms with van der Waals surface area (Å²) in [6.45, 7) is 4.71. The summed E-state index contributed by atoms with van der Waals surface area (Å²) in [5.41, 5.74) is 2.81. The highest BCUT2D eigenvalue weighted by atomic mass is 16.5. The number of methoxy groups -OCH3 is 2. The number of hydrogen-bond acceptors (Lipinski definition) is 7. The third-order valence-electron chi connectivity index (χ3n) is 4.26. The van der Waals surface area contributed by atoms with Gasteiger partial charge >= 0.3 is 0 Å². The van der Waals surface area contributed by atoms with Crippen LogP contribution in [0.4, 0.5) is 23.1 Å². The second kappa shape index (κ2) is 9.60. The number of amides is 1. The number of carbonyl (C=O) groups excluding carboxylic acids is 1. The van der Waals surface area contributed by atoms with E-state index in [2.05, 4.69) is 25.9 Å². The SMILES string of the molecule is CCNc1cc(C)nc(Nc2ccc(NC(=O)c3ccc(OC)c(OC)c3)cc2)n1. The number of aryl methyl sites for hydroxylation is 1. The Morgan fingerprint density at radius 1 is 0.933 bits per heavy atom. The van der Waals surface area contributed by atoms with Crippen LogP contribution in [0.1, 0.15) is 23.0 Å². The summed E-state index contributed by atoms with van der Waals surface area (Å²) in [6, 6.07) is 14.2. The maximum atomic E-state index is 12.5. The van der Waals surface area contributed by atoms with Crippen molar-refractivity contribution in [3.63, 3.8) is 0 Å². The van der Waals surface area contributed by atoms with Gasteiger partial charge in [-0.15, -0.1) is 0 Å². The van der Waals surface area contributed by atoms with E-state index >= 15 is 0 Å². The Morgan fingerprint density at radius 2 is 1.63 bits per heavy atom. The standard InChI is InChI=1S/C22H25N5O3/c1-5-23-20-12-14(2)24-22(27-20)26-17-9-7-16(8-10-17)25-21(28)15-6-11-18(29-3)19(13-15)30-4/h6-13H,5H2,1-4H3,(H,25,28)(H2,23,24,26,27). The Labute approximate surface area is 175 Å². The molecule has 0 spiro atoms. The predicted molar refractivity (Wildman–Crippen MR) is 118 cm³/mol. The van der Waals surface area contributed by atoms with Crippen LogP contribution >= 0.6 is 0 Å².